The molecule has 0 bridgehead atoms. The van der Waals surface area contributed by atoms with E-state index in [0.717, 1.165) is 63.0 Å². The molecule has 2 saturated heterocycles. The van der Waals surface area contributed by atoms with Crippen molar-refractivity contribution in [2.24, 2.45) is 22.7 Å². The molecule has 3 heterocycles. The summed E-state index contributed by atoms with van der Waals surface area (Å²) in [5.41, 5.74) is 0.485. The van der Waals surface area contributed by atoms with Crippen LogP contribution in [0.5, 0.6) is 0 Å². The molecule has 0 aromatic heterocycles. The fourth-order valence-electron chi connectivity index (χ4n) is 5.48. The van der Waals surface area contributed by atoms with Gasteiger partial charge in [0.15, 0.2) is 0 Å². The summed E-state index contributed by atoms with van der Waals surface area (Å²) in [6.45, 7) is 5.11. The van der Waals surface area contributed by atoms with E-state index in [9.17, 15) is 4.79 Å². The molecular formula is C21H27N3O2. The van der Waals surface area contributed by atoms with Gasteiger partial charge >= 0.3 is 0 Å². The lowest BCUT2D eigenvalue weighted by Crippen LogP contribution is -2.45. The summed E-state index contributed by atoms with van der Waals surface area (Å²) in [7, 11) is 0. The largest absolute Gasteiger partial charge is 0.381 e. The maximum Gasteiger partial charge on any atom is 0.253 e. The van der Waals surface area contributed by atoms with Gasteiger partial charge in [0.05, 0.1) is 0 Å². The van der Waals surface area contributed by atoms with E-state index in [-0.39, 0.29) is 5.91 Å². The highest BCUT2D eigenvalue weighted by Crippen LogP contribution is 2.49. The number of aliphatic imine (C=N–C) groups is 1. The van der Waals surface area contributed by atoms with Crippen LogP contribution in [0.4, 0.5) is 0 Å². The van der Waals surface area contributed by atoms with Gasteiger partial charge in [-0.05, 0) is 37.5 Å². The zero-order chi connectivity index (χ0) is 17.6. The number of hydrogen-bond acceptors (Lipinski definition) is 4. The molecule has 1 saturated carbocycles. The average Bonchev–Trinajstić information content (AvgIpc) is 3.33. The topological polar surface area (TPSA) is 53.9 Å². The van der Waals surface area contributed by atoms with Crippen LogP contribution in [0, 0.1) is 17.8 Å². The van der Waals surface area contributed by atoms with Crippen LogP contribution in [0.15, 0.2) is 35.3 Å². The molecule has 0 unspecified atom stereocenters. The Morgan fingerprint density at radius 2 is 1.96 bits per heavy atom. The van der Waals surface area contributed by atoms with Gasteiger partial charge in [-0.15, -0.1) is 0 Å². The SMILES string of the molecule is O=C1NC(c2ccccc2)=N[C@]12CC[C@H]1CN(CC3CCOCC3)C[C@H]12. The fraction of sp³-hybridized carbons (Fsp3) is 0.619. The maximum absolute atomic E-state index is 13.0. The fourth-order valence-corrected chi connectivity index (χ4v) is 5.48. The van der Waals surface area contributed by atoms with Gasteiger partial charge in [-0.2, -0.15) is 0 Å². The Kier molecular flexibility index (Phi) is 4.09. The van der Waals surface area contributed by atoms with Gasteiger partial charge in [0.1, 0.15) is 11.4 Å². The van der Waals surface area contributed by atoms with E-state index in [4.69, 9.17) is 9.73 Å². The second kappa shape index (κ2) is 6.46. The zero-order valence-electron chi connectivity index (χ0n) is 15.2. The third-order valence-electron chi connectivity index (χ3n) is 6.87. The lowest BCUT2D eigenvalue weighted by Gasteiger charge is -2.29. The molecule has 5 heteroatoms. The van der Waals surface area contributed by atoms with E-state index < -0.39 is 5.54 Å². The molecule has 3 atom stereocenters. The van der Waals surface area contributed by atoms with Crippen LogP contribution in [-0.4, -0.2) is 55.0 Å². The van der Waals surface area contributed by atoms with Crippen LogP contribution in [0.3, 0.4) is 0 Å². The molecule has 1 N–H and O–H groups in total. The minimum absolute atomic E-state index is 0.122. The number of nitrogens with one attached hydrogen (secondary N) is 1. The van der Waals surface area contributed by atoms with Crippen LogP contribution in [0.2, 0.25) is 0 Å². The summed E-state index contributed by atoms with van der Waals surface area (Å²) in [4.78, 5) is 20.6. The molecule has 1 spiro atoms. The van der Waals surface area contributed by atoms with Crippen LogP contribution < -0.4 is 5.32 Å². The van der Waals surface area contributed by atoms with Crippen molar-refractivity contribution in [2.75, 3.05) is 32.8 Å². The molecule has 5 nitrogen and oxygen atoms in total. The normalized spacial score (nSPS) is 34.9. The Balaban J connectivity index is 1.34. The second-order valence-corrected chi connectivity index (χ2v) is 8.38. The van der Waals surface area contributed by atoms with E-state index in [1.54, 1.807) is 0 Å². The number of amidine groups is 1. The first-order valence-corrected chi connectivity index (χ1v) is 10.0. The first kappa shape index (κ1) is 16.5. The van der Waals surface area contributed by atoms with E-state index in [2.05, 4.69) is 10.2 Å². The van der Waals surface area contributed by atoms with Gasteiger partial charge in [-0.25, -0.2) is 0 Å². The van der Waals surface area contributed by atoms with E-state index >= 15 is 0 Å². The van der Waals surface area contributed by atoms with E-state index in [1.165, 1.54) is 12.8 Å². The van der Waals surface area contributed by atoms with Crippen molar-refractivity contribution in [2.45, 2.75) is 31.2 Å². The van der Waals surface area contributed by atoms with Gasteiger partial charge < -0.3 is 15.0 Å². The number of fused-ring (bicyclic) bond motifs is 2. The molecule has 1 aliphatic carbocycles. The third kappa shape index (κ3) is 2.69. The molecule has 138 valence electrons. The van der Waals surface area contributed by atoms with Gasteiger partial charge in [0.2, 0.25) is 0 Å². The number of nitrogens with zero attached hydrogens (tertiary/aromatic N) is 2. The third-order valence-corrected chi connectivity index (χ3v) is 6.87. The lowest BCUT2D eigenvalue weighted by atomic mass is 9.85. The number of ether oxygens (including phenoxy) is 1. The van der Waals surface area contributed by atoms with Crippen molar-refractivity contribution in [1.82, 2.24) is 10.2 Å². The number of benzene rings is 1. The summed E-state index contributed by atoms with van der Waals surface area (Å²) >= 11 is 0. The van der Waals surface area contributed by atoms with Gasteiger partial charge in [0.25, 0.3) is 5.91 Å². The molecule has 4 aliphatic rings. The van der Waals surface area contributed by atoms with E-state index in [0.29, 0.717) is 11.8 Å². The van der Waals surface area contributed by atoms with Gasteiger partial charge in [-0.3, -0.25) is 9.79 Å². The first-order chi connectivity index (χ1) is 12.7. The lowest BCUT2D eigenvalue weighted by molar-refractivity contribution is -0.125. The van der Waals surface area contributed by atoms with Crippen molar-refractivity contribution >= 4 is 11.7 Å². The molecule has 0 radical (unpaired) electrons. The van der Waals surface area contributed by atoms with Crippen LogP contribution in [0.1, 0.15) is 31.2 Å². The molecule has 5 rings (SSSR count). The molecule has 3 fully saturated rings. The summed E-state index contributed by atoms with van der Waals surface area (Å²) in [6.07, 6.45) is 4.37. The molecule has 1 aromatic carbocycles. The van der Waals surface area contributed by atoms with Gasteiger partial charge in [-0.1, -0.05) is 30.3 Å². The number of amides is 1. The van der Waals surface area contributed by atoms with Crippen molar-refractivity contribution in [3.8, 4) is 0 Å². The van der Waals surface area contributed by atoms with Crippen LogP contribution in [0.25, 0.3) is 0 Å². The molecular weight excluding hydrogens is 326 g/mol. The maximum atomic E-state index is 13.0. The number of likely N-dealkylation sites (tertiary alicyclic amines) is 1. The molecule has 3 aliphatic heterocycles. The molecule has 26 heavy (non-hydrogen) atoms. The monoisotopic (exact) mass is 353 g/mol. The van der Waals surface area contributed by atoms with Crippen molar-refractivity contribution in [3.05, 3.63) is 35.9 Å². The summed E-state index contributed by atoms with van der Waals surface area (Å²) in [6, 6.07) is 10.0. The number of carbonyl (C=O) groups is 1. The minimum Gasteiger partial charge on any atom is -0.381 e. The predicted molar refractivity (Wildman–Crippen MR) is 100 cm³/mol. The highest BCUT2D eigenvalue weighted by molar-refractivity contribution is 6.15. The Morgan fingerprint density at radius 3 is 2.77 bits per heavy atom. The molecule has 1 aromatic rings. The number of hydrogen-bond donors (Lipinski definition) is 1. The van der Waals surface area contributed by atoms with Crippen LogP contribution in [-0.2, 0) is 9.53 Å². The Labute approximate surface area is 154 Å². The quantitative estimate of drug-likeness (QED) is 0.905. The Bertz CT molecular complexity index is 713. The number of carbonyl (C=O) groups excluding carboxylic acids is 1. The summed E-state index contributed by atoms with van der Waals surface area (Å²) in [5.74, 6) is 2.61. The average molecular weight is 353 g/mol. The Hall–Kier alpha value is -1.72. The zero-order valence-corrected chi connectivity index (χ0v) is 15.2. The predicted octanol–water partition coefficient (Wildman–Crippen LogP) is 2.07. The summed E-state index contributed by atoms with van der Waals surface area (Å²) in [5, 5.41) is 3.09. The number of rotatable bonds is 3. The van der Waals surface area contributed by atoms with Crippen LogP contribution >= 0.6 is 0 Å². The molecule has 1 amide bonds. The summed E-state index contributed by atoms with van der Waals surface area (Å²) < 4.78 is 5.49. The van der Waals surface area contributed by atoms with Crippen molar-refractivity contribution in [1.29, 1.82) is 0 Å². The van der Waals surface area contributed by atoms with Crippen molar-refractivity contribution < 1.29 is 9.53 Å². The highest BCUT2D eigenvalue weighted by atomic mass is 16.5. The smallest absolute Gasteiger partial charge is 0.253 e. The second-order valence-electron chi connectivity index (χ2n) is 8.38. The Morgan fingerprint density at radius 1 is 1.15 bits per heavy atom. The highest BCUT2D eigenvalue weighted by Gasteiger charge is 2.59. The minimum atomic E-state index is -0.528. The van der Waals surface area contributed by atoms with Crippen molar-refractivity contribution in [3.63, 3.8) is 0 Å². The standard InChI is InChI=1S/C21H27N3O2/c25-20-21(23-19(22-20)16-4-2-1-3-5-16)9-6-17-13-24(14-18(17)21)12-15-7-10-26-11-8-15/h1-5,15,17-18H,6-14H2,(H,22,23,25)/t17-,18+,21-/m0/s1. The first-order valence-electron chi connectivity index (χ1n) is 10.0. The van der Waals surface area contributed by atoms with E-state index in [1.807, 2.05) is 30.3 Å². The van der Waals surface area contributed by atoms with Gasteiger partial charge in [0, 0.05) is 44.3 Å².